The van der Waals surface area contributed by atoms with Crippen LogP contribution in [0.2, 0.25) is 0 Å². The van der Waals surface area contributed by atoms with Crippen LogP contribution in [0.3, 0.4) is 0 Å². The predicted molar refractivity (Wildman–Crippen MR) is 99.8 cm³/mol. The number of hydrogen-bond donors (Lipinski definition) is 2. The third-order valence-electron chi connectivity index (χ3n) is 4.28. The molecule has 0 aliphatic carbocycles. The summed E-state index contributed by atoms with van der Waals surface area (Å²) < 4.78 is 38.4. The first-order valence-corrected chi connectivity index (χ1v) is 9.74. The fourth-order valence-electron chi connectivity index (χ4n) is 2.91. The van der Waals surface area contributed by atoms with Crippen LogP contribution in [0, 0.1) is 0 Å². The third kappa shape index (κ3) is 5.61. The molecule has 7 nitrogen and oxygen atoms in total. The zero-order valence-corrected chi connectivity index (χ0v) is 15.8. The summed E-state index contributed by atoms with van der Waals surface area (Å²) in [6.07, 6.45) is -3.59. The zero-order chi connectivity index (χ0) is 20.1. The van der Waals surface area contributed by atoms with Crippen molar-refractivity contribution < 1.29 is 18.3 Å². The van der Waals surface area contributed by atoms with Gasteiger partial charge in [-0.05, 0) is 25.1 Å². The fraction of sp³-hybridized carbons (Fsp3) is 0.471. The quantitative estimate of drug-likeness (QED) is 0.425. The van der Waals surface area contributed by atoms with E-state index in [1.54, 1.807) is 6.07 Å². The summed E-state index contributed by atoms with van der Waals surface area (Å²) in [6, 6.07) is 4.98. The molecule has 0 unspecified atom stereocenters. The number of aromatic hydroxyl groups is 1. The molecule has 0 spiro atoms. The summed E-state index contributed by atoms with van der Waals surface area (Å²) in [5.41, 5.74) is -1.27. The number of pyridine rings is 1. The molecule has 0 amide bonds. The highest BCUT2D eigenvalue weighted by atomic mass is 32.2. The summed E-state index contributed by atoms with van der Waals surface area (Å²) >= 11 is 1.36. The van der Waals surface area contributed by atoms with Gasteiger partial charge >= 0.3 is 6.18 Å². The summed E-state index contributed by atoms with van der Waals surface area (Å²) in [4.78, 5) is 25.5. The number of aromatic nitrogens is 3. The van der Waals surface area contributed by atoms with Crippen molar-refractivity contribution in [3.63, 3.8) is 0 Å². The maximum absolute atomic E-state index is 12.8. The van der Waals surface area contributed by atoms with E-state index in [1.165, 1.54) is 17.8 Å². The van der Waals surface area contributed by atoms with Crippen molar-refractivity contribution in [1.82, 2.24) is 19.9 Å². The summed E-state index contributed by atoms with van der Waals surface area (Å²) in [6.45, 7) is 3.54. The van der Waals surface area contributed by atoms with Crippen LogP contribution in [0.15, 0.2) is 34.2 Å². The minimum atomic E-state index is -4.44. The van der Waals surface area contributed by atoms with E-state index >= 15 is 0 Å². The largest absolute Gasteiger partial charge is 0.493 e. The Balaban J connectivity index is 1.42. The Morgan fingerprint density at radius 2 is 1.93 bits per heavy atom. The van der Waals surface area contributed by atoms with Gasteiger partial charge in [0.05, 0.1) is 6.07 Å². The maximum atomic E-state index is 12.8. The highest BCUT2D eigenvalue weighted by Gasteiger charge is 2.33. The Morgan fingerprint density at radius 1 is 1.18 bits per heavy atom. The van der Waals surface area contributed by atoms with Gasteiger partial charge in [0.25, 0.3) is 5.56 Å². The molecule has 2 aromatic rings. The fourth-order valence-corrected chi connectivity index (χ4v) is 3.70. The Labute approximate surface area is 163 Å². The van der Waals surface area contributed by atoms with Crippen molar-refractivity contribution in [2.24, 2.45) is 0 Å². The SMILES string of the molecule is O=c1cc(O)nc(SCCCN2CCN(c3cccc(C(F)(F)F)n3)CC2)[nH]1. The van der Waals surface area contributed by atoms with Crippen LogP contribution in [0.4, 0.5) is 19.0 Å². The second-order valence-corrected chi connectivity index (χ2v) is 7.40. The molecule has 1 saturated heterocycles. The normalized spacial score (nSPS) is 15.8. The van der Waals surface area contributed by atoms with Gasteiger partial charge in [-0.25, -0.2) is 4.98 Å². The molecule has 2 N–H and O–H groups in total. The summed E-state index contributed by atoms with van der Waals surface area (Å²) in [7, 11) is 0. The van der Waals surface area contributed by atoms with Crippen molar-refractivity contribution in [3.05, 3.63) is 40.3 Å². The molecule has 11 heteroatoms. The Bertz CT molecular complexity index is 853. The van der Waals surface area contributed by atoms with Crippen molar-refractivity contribution in [1.29, 1.82) is 0 Å². The number of piperazine rings is 1. The van der Waals surface area contributed by atoms with Gasteiger partial charge in [0.2, 0.25) is 5.88 Å². The van der Waals surface area contributed by atoms with Crippen LogP contribution in [-0.2, 0) is 6.18 Å². The van der Waals surface area contributed by atoms with Gasteiger partial charge in [0.1, 0.15) is 11.5 Å². The number of halogens is 3. The van der Waals surface area contributed by atoms with Gasteiger partial charge in [-0.15, -0.1) is 0 Å². The highest BCUT2D eigenvalue weighted by Crippen LogP contribution is 2.29. The number of thioether (sulfide) groups is 1. The summed E-state index contributed by atoms with van der Waals surface area (Å²) in [5, 5.41) is 9.69. The van der Waals surface area contributed by atoms with Crippen molar-refractivity contribution in [3.8, 4) is 5.88 Å². The molecule has 0 atom stereocenters. The molecule has 3 rings (SSSR count). The molecule has 2 aromatic heterocycles. The van der Waals surface area contributed by atoms with Gasteiger partial charge in [0.15, 0.2) is 5.16 Å². The number of alkyl halides is 3. The first-order valence-electron chi connectivity index (χ1n) is 8.76. The second kappa shape index (κ2) is 8.82. The molecule has 1 aliphatic heterocycles. The van der Waals surface area contributed by atoms with Gasteiger partial charge < -0.3 is 15.0 Å². The number of hydrogen-bond acceptors (Lipinski definition) is 7. The van der Waals surface area contributed by atoms with E-state index in [1.807, 2.05) is 4.90 Å². The first kappa shape index (κ1) is 20.5. The van der Waals surface area contributed by atoms with Gasteiger partial charge in [-0.1, -0.05) is 17.8 Å². The Morgan fingerprint density at radius 3 is 2.61 bits per heavy atom. The number of anilines is 1. The maximum Gasteiger partial charge on any atom is 0.433 e. The number of H-pyrrole nitrogens is 1. The molecule has 1 aliphatic rings. The number of nitrogens with zero attached hydrogens (tertiary/aromatic N) is 4. The molecular formula is C17H20F3N5O2S. The molecule has 0 aromatic carbocycles. The van der Waals surface area contributed by atoms with Crippen LogP contribution in [-0.4, -0.2) is 63.4 Å². The lowest BCUT2D eigenvalue weighted by atomic mass is 10.2. The van der Waals surface area contributed by atoms with E-state index < -0.39 is 17.4 Å². The first-order chi connectivity index (χ1) is 13.3. The summed E-state index contributed by atoms with van der Waals surface area (Å²) in [5.74, 6) is 0.774. The van der Waals surface area contributed by atoms with Crippen LogP contribution in [0.25, 0.3) is 0 Å². The molecule has 1 fully saturated rings. The molecule has 0 saturated carbocycles. The zero-order valence-electron chi connectivity index (χ0n) is 14.9. The van der Waals surface area contributed by atoms with Gasteiger partial charge in [-0.3, -0.25) is 9.69 Å². The standard InChI is InChI=1S/C17H20F3N5O2S/c18-17(19,20)12-3-1-4-13(21-12)25-8-6-24(7-9-25)5-2-10-28-16-22-14(26)11-15(27)23-16/h1,3-4,11H,2,5-10H2,(H2,22,23,26,27). The van der Waals surface area contributed by atoms with E-state index in [2.05, 4.69) is 19.9 Å². The van der Waals surface area contributed by atoms with Crippen molar-refractivity contribution in [2.45, 2.75) is 17.8 Å². The molecule has 3 heterocycles. The number of nitrogens with one attached hydrogen (secondary N) is 1. The average Bonchev–Trinajstić information content (AvgIpc) is 2.64. The topological polar surface area (TPSA) is 85.3 Å². The highest BCUT2D eigenvalue weighted by molar-refractivity contribution is 7.99. The van der Waals surface area contributed by atoms with E-state index in [0.717, 1.165) is 43.9 Å². The molecule has 0 radical (unpaired) electrons. The van der Waals surface area contributed by atoms with Crippen molar-refractivity contribution in [2.75, 3.05) is 43.4 Å². The van der Waals surface area contributed by atoms with E-state index in [9.17, 15) is 23.1 Å². The van der Waals surface area contributed by atoms with Gasteiger partial charge in [-0.2, -0.15) is 18.2 Å². The number of aromatic amines is 1. The predicted octanol–water partition coefficient (Wildman–Crippen LogP) is 2.19. The monoisotopic (exact) mass is 415 g/mol. The Kier molecular flexibility index (Phi) is 6.45. The third-order valence-corrected chi connectivity index (χ3v) is 5.24. The lowest BCUT2D eigenvalue weighted by Gasteiger charge is -2.35. The minimum absolute atomic E-state index is 0.300. The van der Waals surface area contributed by atoms with Crippen LogP contribution < -0.4 is 10.5 Å². The lowest BCUT2D eigenvalue weighted by Crippen LogP contribution is -2.47. The number of rotatable bonds is 6. The van der Waals surface area contributed by atoms with E-state index in [-0.39, 0.29) is 5.88 Å². The second-order valence-electron chi connectivity index (χ2n) is 6.32. The molecule has 0 bridgehead atoms. The van der Waals surface area contributed by atoms with E-state index in [0.29, 0.717) is 24.1 Å². The average molecular weight is 415 g/mol. The smallest absolute Gasteiger partial charge is 0.433 e. The molecule has 28 heavy (non-hydrogen) atoms. The Hall–Kier alpha value is -2.27. The molecular weight excluding hydrogens is 395 g/mol. The van der Waals surface area contributed by atoms with E-state index in [4.69, 9.17) is 0 Å². The lowest BCUT2D eigenvalue weighted by molar-refractivity contribution is -0.141. The van der Waals surface area contributed by atoms with Crippen molar-refractivity contribution >= 4 is 17.6 Å². The van der Waals surface area contributed by atoms with Crippen LogP contribution in [0.5, 0.6) is 5.88 Å². The van der Waals surface area contributed by atoms with Crippen LogP contribution >= 0.6 is 11.8 Å². The van der Waals surface area contributed by atoms with Crippen LogP contribution in [0.1, 0.15) is 12.1 Å². The minimum Gasteiger partial charge on any atom is -0.493 e. The molecule has 152 valence electrons. The van der Waals surface area contributed by atoms with Gasteiger partial charge in [0, 0.05) is 31.9 Å².